The summed E-state index contributed by atoms with van der Waals surface area (Å²) in [7, 11) is -2.16. The molecule has 0 amide bonds. The highest BCUT2D eigenvalue weighted by Gasteiger charge is 2.18. The molecule has 1 rings (SSSR count). The van der Waals surface area contributed by atoms with Crippen molar-refractivity contribution < 1.29 is 32.9 Å². The molecule has 0 spiro atoms. The van der Waals surface area contributed by atoms with Gasteiger partial charge < -0.3 is 32.9 Å². The van der Waals surface area contributed by atoms with Gasteiger partial charge in [-0.3, -0.25) is 0 Å². The molecule has 15 radical (unpaired) electrons. The molecule has 32 heavy (non-hydrogen) atoms. The predicted molar refractivity (Wildman–Crippen MR) is 130 cm³/mol. The molecule has 0 aromatic rings. The van der Waals surface area contributed by atoms with Crippen molar-refractivity contribution in [3.63, 3.8) is 0 Å². The summed E-state index contributed by atoms with van der Waals surface area (Å²) in [6.45, 7) is 2.28. The topological polar surface area (TPSA) is 73.8 Å². The molecule has 0 bridgehead atoms. The van der Waals surface area contributed by atoms with E-state index in [1.54, 1.807) is 0 Å². The minimum absolute atomic E-state index is 0.0896. The maximum absolute atomic E-state index is 5.80. The van der Waals surface area contributed by atoms with Crippen molar-refractivity contribution >= 4 is 79.3 Å². The maximum atomic E-state index is 5.80. The Morgan fingerprint density at radius 3 is 1.09 bits per heavy atom. The molecule has 0 aliphatic carbocycles. The van der Waals surface area contributed by atoms with Crippen LogP contribution in [0.25, 0.3) is 0 Å². The first-order chi connectivity index (χ1) is 15.9. The fraction of sp³-hybridized carbons (Fsp3) is 1.00. The van der Waals surface area contributed by atoms with E-state index in [9.17, 15) is 0 Å². The molecule has 8 nitrogen and oxygen atoms in total. The number of hydrogen-bond donors (Lipinski definition) is 0. The minimum atomic E-state index is -1.41. The molecule has 1 heterocycles. The molecule has 177 valence electrons. The first-order valence-corrected chi connectivity index (χ1v) is 18.6. The molecule has 0 unspecified atom stereocenters. The summed E-state index contributed by atoms with van der Waals surface area (Å²) < 4.78 is 43.1. The van der Waals surface area contributed by atoms with E-state index < -0.39 is 9.28 Å². The van der Waals surface area contributed by atoms with Gasteiger partial charge >= 0.3 is 79.3 Å². The van der Waals surface area contributed by atoms with Gasteiger partial charge in [-0.1, -0.05) is 96.8 Å². The number of rotatable bonds is 15. The van der Waals surface area contributed by atoms with Crippen LogP contribution in [0.3, 0.4) is 0 Å². The largest absolute Gasteiger partial charge is 0.413 e. The van der Waals surface area contributed by atoms with E-state index in [1.165, 1.54) is 83.5 Å². The van der Waals surface area contributed by atoms with Crippen LogP contribution in [0.1, 0.15) is 96.8 Å². The van der Waals surface area contributed by atoms with Crippen LogP contribution in [0.2, 0.25) is 6.04 Å². The van der Waals surface area contributed by atoms with Gasteiger partial charge in [0.15, 0.2) is 0 Å². The summed E-state index contributed by atoms with van der Waals surface area (Å²) in [6, 6.07) is 0.931. The van der Waals surface area contributed by atoms with Crippen LogP contribution < -0.4 is 0 Å². The second-order valence-corrected chi connectivity index (χ2v) is 16.1. The SMILES string of the molecule is CCCCCCCCCCCCCCCC[Si]1O[Si]O[Si]O[Si]O[Si]O[Si]O[Si]O[Si]O1. The van der Waals surface area contributed by atoms with Gasteiger partial charge in [-0.2, -0.15) is 0 Å². The standard InChI is InChI=1S/C16H33O8Si8/c1-2-3-4-5-6-7-8-9-10-11-12-13-14-15-16-32-23-30-21-28-19-26-17-25-18-27-20-29-22-31-24-32/h2-16H2,1H3. The van der Waals surface area contributed by atoms with E-state index in [1.807, 2.05) is 0 Å². The van der Waals surface area contributed by atoms with E-state index in [0.29, 0.717) is 0 Å². The van der Waals surface area contributed by atoms with Crippen LogP contribution in [0, 0.1) is 0 Å². The van der Waals surface area contributed by atoms with Gasteiger partial charge in [0, 0.05) is 0 Å². The molecule has 0 saturated carbocycles. The van der Waals surface area contributed by atoms with Gasteiger partial charge in [-0.15, -0.1) is 0 Å². The van der Waals surface area contributed by atoms with Crippen molar-refractivity contribution in [2.45, 2.75) is 103 Å². The molecule has 1 fully saturated rings. The third-order valence-electron chi connectivity index (χ3n) is 4.55. The molecule has 1 aliphatic heterocycles. The summed E-state index contributed by atoms with van der Waals surface area (Å²) in [5.41, 5.74) is 0. The zero-order valence-electron chi connectivity index (χ0n) is 18.9. The van der Waals surface area contributed by atoms with Crippen molar-refractivity contribution in [3.05, 3.63) is 0 Å². The Hall–Kier alpha value is 1.42. The number of hydrogen-bond acceptors (Lipinski definition) is 8. The van der Waals surface area contributed by atoms with Gasteiger partial charge in [0.2, 0.25) is 0 Å². The number of unbranched alkanes of at least 4 members (excludes halogenated alkanes) is 13. The molecule has 0 aromatic heterocycles. The van der Waals surface area contributed by atoms with Crippen LogP contribution >= 0.6 is 0 Å². The normalized spacial score (nSPS) is 18.7. The quantitative estimate of drug-likeness (QED) is 0.217. The fourth-order valence-corrected chi connectivity index (χ4v) is 10.2. The molecular weight excluding hydrogens is 545 g/mol. The second kappa shape index (κ2) is 27.0. The van der Waals surface area contributed by atoms with E-state index in [-0.39, 0.29) is 70.0 Å². The fourth-order valence-electron chi connectivity index (χ4n) is 2.93. The zero-order chi connectivity index (χ0) is 22.8. The summed E-state index contributed by atoms with van der Waals surface area (Å²) in [5, 5.41) is 0. The van der Waals surface area contributed by atoms with Crippen molar-refractivity contribution in [1.29, 1.82) is 0 Å². The highest BCUT2D eigenvalue weighted by atomic mass is 28.4. The minimum Gasteiger partial charge on any atom is -0.413 e. The smallest absolute Gasteiger partial charge is 0.412 e. The highest BCUT2D eigenvalue weighted by Crippen LogP contribution is 2.14. The van der Waals surface area contributed by atoms with E-state index in [4.69, 9.17) is 32.9 Å². The first kappa shape index (κ1) is 31.4. The van der Waals surface area contributed by atoms with Gasteiger partial charge in [-0.05, 0) is 6.04 Å². The molecule has 0 atom stereocenters. The summed E-state index contributed by atoms with van der Waals surface area (Å²) in [5.74, 6) is 0. The average molecular weight is 578 g/mol. The summed E-state index contributed by atoms with van der Waals surface area (Å²) in [4.78, 5) is 0. The summed E-state index contributed by atoms with van der Waals surface area (Å²) in [6.07, 6.45) is 19.0. The Balaban J connectivity index is 1.97. The lowest BCUT2D eigenvalue weighted by Gasteiger charge is -2.14. The molecule has 1 saturated heterocycles. The predicted octanol–water partition coefficient (Wildman–Crippen LogP) is 2.84. The van der Waals surface area contributed by atoms with E-state index >= 15 is 0 Å². The molecule has 16 heteroatoms. The lowest BCUT2D eigenvalue weighted by atomic mass is 10.0. The molecule has 0 aromatic carbocycles. The van der Waals surface area contributed by atoms with E-state index in [0.717, 1.165) is 12.5 Å². The highest BCUT2D eigenvalue weighted by molar-refractivity contribution is 6.58. The lowest BCUT2D eigenvalue weighted by molar-refractivity contribution is 0.336. The molecular formula is C16H33O8Si8. The zero-order valence-corrected chi connectivity index (χ0v) is 26.9. The molecule has 1 aliphatic rings. The first-order valence-electron chi connectivity index (χ1n) is 11.3. The maximum Gasteiger partial charge on any atom is 0.412 e. The second-order valence-electron chi connectivity index (χ2n) is 7.12. The van der Waals surface area contributed by atoms with Crippen molar-refractivity contribution in [3.8, 4) is 0 Å². The van der Waals surface area contributed by atoms with E-state index in [2.05, 4.69) is 6.92 Å². The van der Waals surface area contributed by atoms with Crippen LogP contribution in [0.5, 0.6) is 0 Å². The third-order valence-corrected chi connectivity index (χ3v) is 11.8. The van der Waals surface area contributed by atoms with Crippen LogP contribution in [0.15, 0.2) is 0 Å². The average Bonchev–Trinajstić information content (AvgIpc) is 2.80. The third kappa shape index (κ3) is 23.2. The van der Waals surface area contributed by atoms with Gasteiger partial charge in [0.25, 0.3) is 0 Å². The van der Waals surface area contributed by atoms with Crippen LogP contribution in [0.4, 0.5) is 0 Å². The summed E-state index contributed by atoms with van der Waals surface area (Å²) >= 11 is 0. The van der Waals surface area contributed by atoms with Crippen molar-refractivity contribution in [1.82, 2.24) is 0 Å². The van der Waals surface area contributed by atoms with Crippen molar-refractivity contribution in [2.24, 2.45) is 0 Å². The lowest BCUT2D eigenvalue weighted by Crippen LogP contribution is -2.30. The Kier molecular flexibility index (Phi) is 26.5. The Labute approximate surface area is 214 Å². The Bertz CT molecular complexity index is 365. The Morgan fingerprint density at radius 1 is 0.406 bits per heavy atom. The van der Waals surface area contributed by atoms with Crippen LogP contribution in [-0.2, 0) is 32.9 Å². The van der Waals surface area contributed by atoms with Gasteiger partial charge in [0.1, 0.15) is 0 Å². The molecule has 0 N–H and O–H groups in total. The monoisotopic (exact) mass is 577 g/mol. The van der Waals surface area contributed by atoms with Gasteiger partial charge in [-0.25, -0.2) is 0 Å². The van der Waals surface area contributed by atoms with Gasteiger partial charge in [0.05, 0.1) is 0 Å². The Morgan fingerprint density at radius 2 is 0.719 bits per heavy atom. The van der Waals surface area contributed by atoms with Crippen molar-refractivity contribution in [2.75, 3.05) is 0 Å². The van der Waals surface area contributed by atoms with Crippen LogP contribution in [-0.4, -0.2) is 79.3 Å².